The molecule has 0 saturated carbocycles. The van der Waals surface area contributed by atoms with Crippen molar-refractivity contribution in [2.45, 2.75) is 32.1 Å². The normalized spacial score (nSPS) is 12.0. The van der Waals surface area contributed by atoms with Crippen LogP contribution < -0.4 is 9.47 Å². The molecule has 0 N–H and O–H groups in total. The Hall–Kier alpha value is -1.22. The fraction of sp³-hybridized carbons (Fsp3) is 0.500. The van der Waals surface area contributed by atoms with Crippen LogP contribution >= 0.6 is 11.6 Å². The first kappa shape index (κ1) is 14.8. The van der Waals surface area contributed by atoms with E-state index in [1.807, 2.05) is 0 Å². The highest BCUT2D eigenvalue weighted by Gasteiger charge is 2.15. The summed E-state index contributed by atoms with van der Waals surface area (Å²) < 4.78 is 10.9. The lowest BCUT2D eigenvalue weighted by atomic mass is 10.1. The Morgan fingerprint density at radius 1 is 1.39 bits per heavy atom. The van der Waals surface area contributed by atoms with E-state index < -0.39 is 5.38 Å². The van der Waals surface area contributed by atoms with Gasteiger partial charge in [0.25, 0.3) is 0 Å². The lowest BCUT2D eigenvalue weighted by Crippen LogP contribution is -2.04. The first-order chi connectivity index (χ1) is 8.60. The van der Waals surface area contributed by atoms with Crippen molar-refractivity contribution in [2.24, 2.45) is 0 Å². The molecular weight excluding hydrogens is 252 g/mol. The minimum absolute atomic E-state index is 0.0821. The van der Waals surface area contributed by atoms with Crippen molar-refractivity contribution in [3.63, 3.8) is 0 Å². The molecule has 0 aliphatic rings. The molecule has 0 amide bonds. The van der Waals surface area contributed by atoms with Crippen LogP contribution in [-0.4, -0.2) is 19.5 Å². The average molecular weight is 271 g/mol. The number of Topliss-reactive ketones (excluding diaryl/α,β-unsaturated/α-hetero) is 1. The number of rotatable bonds is 7. The molecule has 1 aromatic rings. The van der Waals surface area contributed by atoms with E-state index in [1.165, 1.54) is 6.92 Å². The predicted molar refractivity (Wildman–Crippen MR) is 72.7 cm³/mol. The van der Waals surface area contributed by atoms with Crippen molar-refractivity contribution in [2.75, 3.05) is 13.7 Å². The topological polar surface area (TPSA) is 35.5 Å². The maximum absolute atomic E-state index is 11.3. The van der Waals surface area contributed by atoms with Crippen molar-refractivity contribution >= 4 is 17.4 Å². The summed E-state index contributed by atoms with van der Waals surface area (Å²) in [5, 5.41) is -0.635. The van der Waals surface area contributed by atoms with E-state index in [0.29, 0.717) is 18.1 Å². The number of carbonyl (C=O) groups is 1. The molecule has 0 saturated heterocycles. The van der Waals surface area contributed by atoms with Gasteiger partial charge in [-0.25, -0.2) is 0 Å². The molecular formula is C14H19ClO3. The number of hydrogen-bond acceptors (Lipinski definition) is 3. The third-order valence-electron chi connectivity index (χ3n) is 2.59. The van der Waals surface area contributed by atoms with Crippen molar-refractivity contribution in [1.82, 2.24) is 0 Å². The van der Waals surface area contributed by atoms with Gasteiger partial charge in [-0.3, -0.25) is 4.79 Å². The summed E-state index contributed by atoms with van der Waals surface area (Å²) in [5.41, 5.74) is 0.733. The Morgan fingerprint density at radius 2 is 2.11 bits per heavy atom. The summed E-state index contributed by atoms with van der Waals surface area (Å²) in [6.45, 7) is 4.20. The molecule has 0 aliphatic carbocycles. The molecule has 100 valence electrons. The largest absolute Gasteiger partial charge is 0.493 e. The van der Waals surface area contributed by atoms with Crippen LogP contribution in [0.15, 0.2) is 18.2 Å². The van der Waals surface area contributed by atoms with Crippen molar-refractivity contribution in [1.29, 1.82) is 0 Å². The van der Waals surface area contributed by atoms with Gasteiger partial charge in [0.15, 0.2) is 17.3 Å². The molecule has 0 heterocycles. The number of alkyl halides is 1. The molecule has 0 aromatic heterocycles. The van der Waals surface area contributed by atoms with Crippen LogP contribution in [0, 0.1) is 0 Å². The van der Waals surface area contributed by atoms with Crippen molar-refractivity contribution < 1.29 is 14.3 Å². The van der Waals surface area contributed by atoms with Gasteiger partial charge >= 0.3 is 0 Å². The van der Waals surface area contributed by atoms with Gasteiger partial charge in [0.2, 0.25) is 0 Å². The van der Waals surface area contributed by atoms with Gasteiger partial charge in [0.05, 0.1) is 13.7 Å². The predicted octanol–water partition coefficient (Wildman–Crippen LogP) is 3.74. The highest BCUT2D eigenvalue weighted by Crippen LogP contribution is 2.32. The molecule has 1 unspecified atom stereocenters. The Balaban J connectivity index is 2.90. The van der Waals surface area contributed by atoms with E-state index >= 15 is 0 Å². The highest BCUT2D eigenvalue weighted by molar-refractivity contribution is 6.30. The molecule has 0 bridgehead atoms. The lowest BCUT2D eigenvalue weighted by Gasteiger charge is -2.13. The maximum atomic E-state index is 11.3. The zero-order valence-corrected chi connectivity index (χ0v) is 11.8. The second-order valence-corrected chi connectivity index (χ2v) is 4.52. The molecule has 0 radical (unpaired) electrons. The van der Waals surface area contributed by atoms with E-state index in [2.05, 4.69) is 6.92 Å². The van der Waals surface area contributed by atoms with Crippen LogP contribution in [0.1, 0.15) is 37.6 Å². The second-order valence-electron chi connectivity index (χ2n) is 4.09. The molecule has 4 heteroatoms. The summed E-state index contributed by atoms with van der Waals surface area (Å²) in [6.07, 6.45) is 2.04. The van der Waals surface area contributed by atoms with Crippen LogP contribution in [0.5, 0.6) is 11.5 Å². The first-order valence-electron chi connectivity index (χ1n) is 6.05. The monoisotopic (exact) mass is 270 g/mol. The fourth-order valence-corrected chi connectivity index (χ4v) is 1.66. The number of ether oxygens (including phenoxy) is 2. The summed E-state index contributed by atoms with van der Waals surface area (Å²) in [6, 6.07) is 5.33. The van der Waals surface area contributed by atoms with E-state index in [4.69, 9.17) is 21.1 Å². The Morgan fingerprint density at radius 3 is 2.67 bits per heavy atom. The van der Waals surface area contributed by atoms with Gasteiger partial charge in [0, 0.05) is 0 Å². The number of hydrogen-bond donors (Lipinski definition) is 0. The van der Waals surface area contributed by atoms with Crippen molar-refractivity contribution in [3.05, 3.63) is 23.8 Å². The molecule has 1 rings (SSSR count). The number of carbonyl (C=O) groups excluding carboxylic acids is 1. The Bertz CT molecular complexity index is 404. The zero-order valence-electron chi connectivity index (χ0n) is 11.0. The third-order valence-corrected chi connectivity index (χ3v) is 3.15. The van der Waals surface area contributed by atoms with Gasteiger partial charge < -0.3 is 9.47 Å². The standard InChI is InChI=1S/C14H19ClO3/c1-4-5-8-18-13-9-11(14(15)10(2)16)6-7-12(13)17-3/h6-7,9,14H,4-5,8H2,1-3H3. The minimum atomic E-state index is -0.635. The maximum Gasteiger partial charge on any atom is 0.161 e. The van der Waals surface area contributed by atoms with E-state index in [0.717, 1.165) is 18.4 Å². The number of ketones is 1. The molecule has 1 aromatic carbocycles. The van der Waals surface area contributed by atoms with Crippen molar-refractivity contribution in [3.8, 4) is 11.5 Å². The molecule has 1 atom stereocenters. The highest BCUT2D eigenvalue weighted by atomic mass is 35.5. The lowest BCUT2D eigenvalue weighted by molar-refractivity contribution is -0.116. The molecule has 18 heavy (non-hydrogen) atoms. The zero-order chi connectivity index (χ0) is 13.5. The number of methoxy groups -OCH3 is 1. The van der Waals surface area contributed by atoms with Gasteiger partial charge in [-0.2, -0.15) is 0 Å². The van der Waals surface area contributed by atoms with E-state index in [-0.39, 0.29) is 5.78 Å². The average Bonchev–Trinajstić information content (AvgIpc) is 2.38. The van der Waals surface area contributed by atoms with Crippen LogP contribution in [0.3, 0.4) is 0 Å². The summed E-state index contributed by atoms with van der Waals surface area (Å²) in [4.78, 5) is 11.3. The minimum Gasteiger partial charge on any atom is -0.493 e. The van der Waals surface area contributed by atoms with Gasteiger partial charge in [-0.1, -0.05) is 19.4 Å². The second kappa shape index (κ2) is 7.27. The van der Waals surface area contributed by atoms with Crippen LogP contribution in [0.2, 0.25) is 0 Å². The summed E-state index contributed by atoms with van der Waals surface area (Å²) in [5.74, 6) is 1.21. The number of unbranched alkanes of at least 4 members (excludes halogenated alkanes) is 1. The molecule has 0 spiro atoms. The Kier molecular flexibility index (Phi) is 5.99. The van der Waals surface area contributed by atoms with Gasteiger partial charge in [-0.15, -0.1) is 11.6 Å². The van der Waals surface area contributed by atoms with E-state index in [1.54, 1.807) is 25.3 Å². The van der Waals surface area contributed by atoms with Crippen LogP contribution in [-0.2, 0) is 4.79 Å². The number of halogens is 1. The number of benzene rings is 1. The molecule has 0 aliphatic heterocycles. The quantitative estimate of drug-likeness (QED) is 0.559. The molecule has 3 nitrogen and oxygen atoms in total. The van der Waals surface area contributed by atoms with Crippen LogP contribution in [0.25, 0.3) is 0 Å². The van der Waals surface area contributed by atoms with Crippen LogP contribution in [0.4, 0.5) is 0 Å². The summed E-state index contributed by atoms with van der Waals surface area (Å²) >= 11 is 6.02. The first-order valence-corrected chi connectivity index (χ1v) is 6.49. The third kappa shape index (κ3) is 3.91. The fourth-order valence-electron chi connectivity index (χ4n) is 1.52. The molecule has 0 fully saturated rings. The Labute approximate surface area is 113 Å². The SMILES string of the molecule is CCCCOc1cc(C(Cl)C(C)=O)ccc1OC. The smallest absolute Gasteiger partial charge is 0.161 e. The van der Waals surface area contributed by atoms with Gasteiger partial charge in [0.1, 0.15) is 5.38 Å². The van der Waals surface area contributed by atoms with Gasteiger partial charge in [-0.05, 0) is 31.0 Å². The van der Waals surface area contributed by atoms with E-state index in [9.17, 15) is 4.79 Å². The summed E-state index contributed by atoms with van der Waals surface area (Å²) in [7, 11) is 1.59.